The molecule has 1 aliphatic rings. The summed E-state index contributed by atoms with van der Waals surface area (Å²) in [6, 6.07) is 8.06. The van der Waals surface area contributed by atoms with Gasteiger partial charge in [0.2, 0.25) is 10.0 Å². The van der Waals surface area contributed by atoms with Gasteiger partial charge in [-0.25, -0.2) is 13.1 Å². The Morgan fingerprint density at radius 3 is 2.32 bits per heavy atom. The number of rotatable bonds is 7. The second-order valence-electron chi connectivity index (χ2n) is 8.14. The molecule has 0 unspecified atom stereocenters. The third-order valence-electron chi connectivity index (χ3n) is 5.31. The summed E-state index contributed by atoms with van der Waals surface area (Å²) in [7, 11) is -2.68. The predicted octanol–water partition coefficient (Wildman–Crippen LogP) is 6.59. The van der Waals surface area contributed by atoms with Crippen molar-refractivity contribution in [3.8, 4) is 0 Å². The number of amidine groups is 1. The minimum absolute atomic E-state index is 0.0352. The van der Waals surface area contributed by atoms with E-state index in [1.807, 2.05) is 6.92 Å². The molecule has 14 heteroatoms. The average molecular weight is 579 g/mol. The van der Waals surface area contributed by atoms with Gasteiger partial charge in [-0.05, 0) is 67.6 Å². The molecule has 206 valence electrons. The summed E-state index contributed by atoms with van der Waals surface area (Å²) in [4.78, 5) is 8.95. The lowest BCUT2D eigenvalue weighted by atomic mass is 10.1. The molecule has 0 radical (unpaired) electrons. The van der Waals surface area contributed by atoms with Gasteiger partial charge in [0.15, 0.2) is 0 Å². The van der Waals surface area contributed by atoms with E-state index >= 15 is 0 Å². The maximum absolute atomic E-state index is 12.9. The molecule has 0 atom stereocenters. The number of hydrogen-bond donors (Lipinski definition) is 2. The topological polar surface area (TPSA) is 82.9 Å². The first-order valence-electron chi connectivity index (χ1n) is 11.2. The van der Waals surface area contributed by atoms with Gasteiger partial charge in [0, 0.05) is 22.7 Å². The monoisotopic (exact) mass is 578 g/mol. The summed E-state index contributed by atoms with van der Waals surface area (Å²) < 4.78 is 104. The summed E-state index contributed by atoms with van der Waals surface area (Å²) in [5, 5.41) is 2.97. The molecule has 0 spiro atoms. The van der Waals surface area contributed by atoms with Crippen LogP contribution >= 0.6 is 11.8 Å². The normalized spacial score (nSPS) is 16.2. The van der Waals surface area contributed by atoms with Crippen LogP contribution in [0.2, 0.25) is 0 Å². The zero-order valence-electron chi connectivity index (χ0n) is 20.2. The van der Waals surface area contributed by atoms with Crippen molar-refractivity contribution in [1.29, 1.82) is 0 Å². The molecule has 1 aliphatic heterocycles. The Balaban J connectivity index is 1.98. The highest BCUT2D eigenvalue weighted by Gasteiger charge is 2.30. The number of hydrogen-bond acceptors (Lipinski definition) is 6. The van der Waals surface area contributed by atoms with Crippen LogP contribution in [0.3, 0.4) is 0 Å². The smallest absolute Gasteiger partial charge is 0.344 e. The first-order valence-corrected chi connectivity index (χ1v) is 13.7. The Labute approximate surface area is 220 Å². The first kappa shape index (κ1) is 29.7. The Morgan fingerprint density at radius 1 is 1.05 bits per heavy atom. The Morgan fingerprint density at radius 2 is 1.74 bits per heavy atom. The molecule has 0 saturated heterocycles. The number of thioether (sulfide) groups is 1. The number of sulfonamides is 1. The van der Waals surface area contributed by atoms with E-state index in [1.165, 1.54) is 37.4 Å². The van der Waals surface area contributed by atoms with E-state index in [2.05, 4.69) is 20.0 Å². The number of halogens is 6. The van der Waals surface area contributed by atoms with E-state index in [0.29, 0.717) is 35.4 Å². The molecule has 0 aliphatic carbocycles. The highest BCUT2D eigenvalue weighted by atomic mass is 32.2. The van der Waals surface area contributed by atoms with Gasteiger partial charge in [-0.2, -0.15) is 26.3 Å². The maximum Gasteiger partial charge on any atom is 0.416 e. The van der Waals surface area contributed by atoms with Crippen molar-refractivity contribution < 1.29 is 34.8 Å². The third-order valence-corrected chi connectivity index (χ3v) is 7.85. The molecule has 0 amide bonds. The summed E-state index contributed by atoms with van der Waals surface area (Å²) in [6.07, 6.45) is -6.51. The minimum atomic E-state index is -4.48. The number of allylic oxidation sites excluding steroid dienone is 1. The molecule has 2 aromatic rings. The molecule has 0 saturated carbocycles. The highest BCUT2D eigenvalue weighted by molar-refractivity contribution is 7.99. The molecule has 1 heterocycles. The lowest BCUT2D eigenvalue weighted by Gasteiger charge is -2.13. The minimum Gasteiger partial charge on any atom is -0.344 e. The molecule has 2 aromatic carbocycles. The molecule has 2 N–H and O–H groups in total. The number of nitrogens with zero attached hydrogens (tertiary/aromatic N) is 2. The summed E-state index contributed by atoms with van der Waals surface area (Å²) in [5.74, 6) is -0.812. The predicted molar refractivity (Wildman–Crippen MR) is 137 cm³/mol. The van der Waals surface area contributed by atoms with Crippen LogP contribution in [0.4, 0.5) is 37.7 Å². The molecule has 6 nitrogen and oxygen atoms in total. The lowest BCUT2D eigenvalue weighted by molar-refractivity contribution is -0.137. The van der Waals surface area contributed by atoms with Crippen LogP contribution in [0.25, 0.3) is 0 Å². The van der Waals surface area contributed by atoms with E-state index in [4.69, 9.17) is 0 Å². The number of anilines is 1. The molecular formula is C24H24F6N4O2S2. The summed E-state index contributed by atoms with van der Waals surface area (Å²) in [5.41, 5.74) is 0.845. The van der Waals surface area contributed by atoms with Crippen LogP contribution in [-0.2, 0) is 16.2 Å². The molecule has 0 bridgehead atoms. The van der Waals surface area contributed by atoms with Crippen molar-refractivity contribution >= 4 is 44.7 Å². The van der Waals surface area contributed by atoms with Crippen LogP contribution in [0.5, 0.6) is 0 Å². The van der Waals surface area contributed by atoms with Crippen LogP contribution in [-0.4, -0.2) is 45.5 Å². The number of alkyl halides is 6. The third kappa shape index (κ3) is 8.33. The maximum atomic E-state index is 12.9. The highest BCUT2D eigenvalue weighted by Crippen LogP contribution is 2.36. The summed E-state index contributed by atoms with van der Waals surface area (Å²) >= 11 is 0.482. The first-order chi connectivity index (χ1) is 17.7. The SMILES string of the molecule is CCC1=CC(=Nc2cc(S(=O)(=O)NC)ccc2SCC(F)(F)F)CC(Nc2ccc(C(F)(F)F)cc2)=NC1. The van der Waals surface area contributed by atoms with Crippen LogP contribution in [0, 0.1) is 0 Å². The molecule has 0 fully saturated rings. The van der Waals surface area contributed by atoms with Crippen molar-refractivity contribution in [1.82, 2.24) is 4.72 Å². The van der Waals surface area contributed by atoms with Gasteiger partial charge >= 0.3 is 12.4 Å². The Kier molecular flexibility index (Phi) is 9.31. The van der Waals surface area contributed by atoms with Crippen LogP contribution in [0.1, 0.15) is 25.3 Å². The van der Waals surface area contributed by atoms with Crippen molar-refractivity contribution in [2.75, 3.05) is 24.7 Å². The van der Waals surface area contributed by atoms with Gasteiger partial charge in [0.05, 0.1) is 28.4 Å². The fraction of sp³-hybridized carbons (Fsp3) is 0.333. The average Bonchev–Trinajstić information content (AvgIpc) is 3.04. The zero-order chi connectivity index (χ0) is 28.1. The second kappa shape index (κ2) is 11.9. The fourth-order valence-electron chi connectivity index (χ4n) is 3.34. The zero-order valence-corrected chi connectivity index (χ0v) is 21.9. The van der Waals surface area contributed by atoms with Crippen molar-refractivity contribution in [3.63, 3.8) is 0 Å². The number of aliphatic imine (C=N–C) groups is 2. The van der Waals surface area contributed by atoms with Gasteiger partial charge in [0.1, 0.15) is 5.84 Å². The molecule has 0 aromatic heterocycles. The number of nitrogens with one attached hydrogen (secondary N) is 2. The standard InChI is InChI=1S/C24H24F6N4O2S2/c1-3-15-10-18(11-22(32-13-15)34-17-6-4-16(5-7-17)24(28,29)30)33-20-12-19(38(35,36)31-2)8-9-21(20)37-14-23(25,26)27/h4-10,12,31H,3,11,13-14H2,1-2H3,(H,32,34). The van der Waals surface area contributed by atoms with E-state index in [0.717, 1.165) is 17.7 Å². The van der Waals surface area contributed by atoms with Crippen LogP contribution in [0.15, 0.2) is 73.9 Å². The largest absolute Gasteiger partial charge is 0.416 e. The van der Waals surface area contributed by atoms with E-state index in [-0.39, 0.29) is 28.4 Å². The van der Waals surface area contributed by atoms with E-state index in [1.54, 1.807) is 6.08 Å². The van der Waals surface area contributed by atoms with Crippen molar-refractivity contribution in [2.24, 2.45) is 9.98 Å². The van der Waals surface area contributed by atoms with Gasteiger partial charge in [0.25, 0.3) is 0 Å². The van der Waals surface area contributed by atoms with Crippen molar-refractivity contribution in [3.05, 3.63) is 59.7 Å². The Bertz CT molecular complexity index is 1350. The molecule has 3 rings (SSSR count). The van der Waals surface area contributed by atoms with E-state index < -0.39 is 33.7 Å². The van der Waals surface area contributed by atoms with E-state index in [9.17, 15) is 34.8 Å². The van der Waals surface area contributed by atoms with Gasteiger partial charge < -0.3 is 5.32 Å². The quantitative estimate of drug-likeness (QED) is 0.287. The lowest BCUT2D eigenvalue weighted by Crippen LogP contribution is -2.18. The fourth-order valence-corrected chi connectivity index (χ4v) is 4.83. The second-order valence-corrected chi connectivity index (χ2v) is 11.0. The molecular weight excluding hydrogens is 554 g/mol. The van der Waals surface area contributed by atoms with Gasteiger partial charge in [-0.15, -0.1) is 11.8 Å². The molecule has 38 heavy (non-hydrogen) atoms. The van der Waals surface area contributed by atoms with Crippen LogP contribution < -0.4 is 10.0 Å². The number of benzene rings is 2. The van der Waals surface area contributed by atoms with Crippen molar-refractivity contribution in [2.45, 2.75) is 41.9 Å². The Hall–Kier alpha value is -2.84. The summed E-state index contributed by atoms with van der Waals surface area (Å²) in [6.45, 7) is 2.17. The van der Waals surface area contributed by atoms with Gasteiger partial charge in [-0.3, -0.25) is 9.98 Å². The van der Waals surface area contributed by atoms with Gasteiger partial charge in [-0.1, -0.05) is 6.92 Å².